The molecule has 33 heavy (non-hydrogen) atoms. The summed E-state index contributed by atoms with van der Waals surface area (Å²) in [6.45, 7) is 0.151. The molecule has 0 aliphatic heterocycles. The first kappa shape index (κ1) is 24.9. The van der Waals surface area contributed by atoms with Gasteiger partial charge in [0.15, 0.2) is 14.9 Å². The molecule has 1 amide bonds. The third-order valence-corrected chi connectivity index (χ3v) is 6.04. The topological polar surface area (TPSA) is 93.9 Å². The van der Waals surface area contributed by atoms with Gasteiger partial charge in [-0.25, -0.2) is 13.4 Å². The average Bonchev–Trinajstić information content (AvgIpc) is 3.06. The first-order valence-corrected chi connectivity index (χ1v) is 11.2. The monoisotopic (exact) mass is 502 g/mol. The lowest BCUT2D eigenvalue weighted by molar-refractivity contribution is -0.185. The van der Waals surface area contributed by atoms with Gasteiger partial charge in [0.2, 0.25) is 0 Å². The van der Waals surface area contributed by atoms with E-state index in [-0.39, 0.29) is 5.69 Å². The number of anilines is 1. The molecule has 1 fully saturated rings. The predicted octanol–water partition coefficient (Wildman–Crippen LogP) is 3.94. The van der Waals surface area contributed by atoms with Crippen LogP contribution >= 0.6 is 0 Å². The maximum Gasteiger partial charge on any atom is 0.420 e. The number of amides is 1. The summed E-state index contributed by atoms with van der Waals surface area (Å²) < 4.78 is 119. The van der Waals surface area contributed by atoms with E-state index in [1.54, 1.807) is 0 Å². The lowest BCUT2D eigenvalue weighted by atomic mass is 10.1. The van der Waals surface area contributed by atoms with Gasteiger partial charge in [-0.2, -0.15) is 35.8 Å². The van der Waals surface area contributed by atoms with Crippen molar-refractivity contribution in [3.8, 4) is 0 Å². The Kier molecular flexibility index (Phi) is 6.01. The molecular weight excluding hydrogens is 485 g/mol. The van der Waals surface area contributed by atoms with Crippen molar-refractivity contribution in [1.29, 1.82) is 0 Å². The molecule has 1 N–H and O–H groups in total. The smallest absolute Gasteiger partial charge is 0.320 e. The zero-order valence-corrected chi connectivity index (χ0v) is 17.9. The minimum atomic E-state index is -5.07. The second-order valence-corrected chi connectivity index (χ2v) is 9.74. The van der Waals surface area contributed by atoms with Gasteiger partial charge in [-0.3, -0.25) is 9.48 Å². The molecule has 7 nitrogen and oxygen atoms in total. The van der Waals surface area contributed by atoms with E-state index in [9.17, 15) is 43.9 Å². The molecule has 1 saturated carbocycles. The van der Waals surface area contributed by atoms with Gasteiger partial charge >= 0.3 is 18.0 Å². The van der Waals surface area contributed by atoms with Crippen LogP contribution in [-0.4, -0.2) is 47.2 Å². The van der Waals surface area contributed by atoms with Crippen LogP contribution in [0, 0.1) is 12.8 Å². The number of pyridine rings is 1. The number of carbonyl (C=O) groups excluding carboxylic acids is 1. The Labute approximate surface area is 182 Å². The number of halogens is 7. The quantitative estimate of drug-likeness (QED) is 0.626. The van der Waals surface area contributed by atoms with Crippen LogP contribution in [0.15, 0.2) is 23.4 Å². The fraction of sp³-hybridized carbons (Fsp3) is 0.500. The summed E-state index contributed by atoms with van der Waals surface area (Å²) in [5, 5.41) is 5.23. The number of nitrogens with zero attached hydrogens (tertiary/aromatic N) is 3. The Morgan fingerprint density at radius 2 is 1.79 bits per heavy atom. The normalized spacial score (nSPS) is 18.5. The molecule has 3 rings (SSSR count). The SMILES string of the molecule is Cc1nn(CC2CC(F)(F)C(F)(F)C2)c(C(=O)Nc2ccnc(S(C)(=O)=O)c2)c1C(F)(F)F. The number of hydrogen-bond donors (Lipinski definition) is 1. The molecule has 0 radical (unpaired) electrons. The van der Waals surface area contributed by atoms with Gasteiger partial charge in [0.05, 0.1) is 5.69 Å². The van der Waals surface area contributed by atoms with E-state index in [4.69, 9.17) is 0 Å². The van der Waals surface area contributed by atoms with Crippen molar-refractivity contribution in [1.82, 2.24) is 14.8 Å². The molecule has 0 saturated heterocycles. The Bertz CT molecular complexity index is 1180. The fourth-order valence-corrected chi connectivity index (χ4v) is 4.23. The second kappa shape index (κ2) is 7.95. The van der Waals surface area contributed by atoms with Crippen LogP contribution in [0.25, 0.3) is 0 Å². The third-order valence-electron chi connectivity index (χ3n) is 5.05. The summed E-state index contributed by atoms with van der Waals surface area (Å²) in [4.78, 5) is 16.4. The number of alkyl halides is 7. The molecule has 182 valence electrons. The van der Waals surface area contributed by atoms with Gasteiger partial charge < -0.3 is 5.32 Å². The van der Waals surface area contributed by atoms with E-state index >= 15 is 0 Å². The van der Waals surface area contributed by atoms with Crippen LogP contribution in [0.1, 0.15) is 34.6 Å². The molecule has 2 heterocycles. The highest BCUT2D eigenvalue weighted by Crippen LogP contribution is 2.51. The number of aryl methyl sites for hydroxylation is 1. The van der Waals surface area contributed by atoms with Gasteiger partial charge in [0.25, 0.3) is 5.91 Å². The Morgan fingerprint density at radius 1 is 1.21 bits per heavy atom. The first-order chi connectivity index (χ1) is 14.9. The summed E-state index contributed by atoms with van der Waals surface area (Å²) in [6, 6.07) is 2.03. The lowest BCUT2D eigenvalue weighted by Crippen LogP contribution is -2.33. The van der Waals surface area contributed by atoms with Crippen LogP contribution in [-0.2, 0) is 22.6 Å². The highest BCUT2D eigenvalue weighted by molar-refractivity contribution is 7.90. The molecular formula is C18H17F7N4O3S. The Morgan fingerprint density at radius 3 is 2.30 bits per heavy atom. The van der Waals surface area contributed by atoms with E-state index in [0.717, 1.165) is 31.5 Å². The maximum absolute atomic E-state index is 13.6. The molecule has 0 unspecified atom stereocenters. The number of sulfone groups is 1. The molecule has 0 spiro atoms. The molecule has 0 aromatic carbocycles. The molecule has 1 aliphatic rings. The van der Waals surface area contributed by atoms with Crippen molar-refractivity contribution in [3.05, 3.63) is 35.3 Å². The number of aromatic nitrogens is 3. The van der Waals surface area contributed by atoms with Crippen molar-refractivity contribution in [3.63, 3.8) is 0 Å². The molecule has 0 bridgehead atoms. The standard InChI is InChI=1S/C18H17F7N4O3S/c1-9-13(18(23,24)25)14(15(30)27-11-3-4-26-12(5-11)33(2,31)32)29(28-9)8-10-6-16(19,20)17(21,22)7-10/h3-5,10H,6-8H2,1-2H3,(H,26,27,30). The van der Waals surface area contributed by atoms with Crippen molar-refractivity contribution in [2.75, 3.05) is 11.6 Å². The Hall–Kier alpha value is -2.71. The van der Waals surface area contributed by atoms with E-state index in [1.807, 2.05) is 0 Å². The first-order valence-electron chi connectivity index (χ1n) is 9.30. The number of hydrogen-bond acceptors (Lipinski definition) is 5. The Balaban J connectivity index is 1.99. The van der Waals surface area contributed by atoms with E-state index in [0.29, 0.717) is 4.68 Å². The van der Waals surface area contributed by atoms with E-state index in [2.05, 4.69) is 15.4 Å². The molecule has 1 aliphatic carbocycles. The summed E-state index contributed by atoms with van der Waals surface area (Å²) >= 11 is 0. The maximum atomic E-state index is 13.6. The average molecular weight is 502 g/mol. The van der Waals surface area contributed by atoms with Crippen molar-refractivity contribution in [2.45, 2.75) is 49.4 Å². The summed E-state index contributed by atoms with van der Waals surface area (Å²) in [7, 11) is -3.80. The number of nitrogens with one attached hydrogen (secondary N) is 1. The second-order valence-electron chi connectivity index (χ2n) is 7.78. The zero-order valence-electron chi connectivity index (χ0n) is 17.1. The molecule has 2 aromatic rings. The van der Waals surface area contributed by atoms with Gasteiger partial charge in [0.1, 0.15) is 11.3 Å². The van der Waals surface area contributed by atoms with Crippen LogP contribution in [0.5, 0.6) is 0 Å². The third kappa shape index (κ3) is 4.96. The van der Waals surface area contributed by atoms with E-state index in [1.165, 1.54) is 0 Å². The molecule has 2 aromatic heterocycles. The van der Waals surface area contributed by atoms with Crippen molar-refractivity contribution in [2.24, 2.45) is 5.92 Å². The summed E-state index contributed by atoms with van der Waals surface area (Å²) in [5.74, 6) is -11.5. The number of rotatable bonds is 5. The van der Waals surface area contributed by atoms with E-state index < -0.39 is 81.0 Å². The summed E-state index contributed by atoms with van der Waals surface area (Å²) in [5.41, 5.74) is -3.41. The molecule has 15 heteroatoms. The predicted molar refractivity (Wildman–Crippen MR) is 99.9 cm³/mol. The van der Waals surface area contributed by atoms with Crippen molar-refractivity contribution >= 4 is 21.4 Å². The minimum absolute atomic E-state index is 0.215. The van der Waals surface area contributed by atoms with Crippen LogP contribution in [0.3, 0.4) is 0 Å². The minimum Gasteiger partial charge on any atom is -0.320 e. The van der Waals surface area contributed by atoms with Crippen LogP contribution in [0.2, 0.25) is 0 Å². The van der Waals surface area contributed by atoms with Gasteiger partial charge in [-0.1, -0.05) is 0 Å². The lowest BCUT2D eigenvalue weighted by Gasteiger charge is -2.16. The highest BCUT2D eigenvalue weighted by atomic mass is 32.2. The van der Waals surface area contributed by atoms with Crippen LogP contribution in [0.4, 0.5) is 36.4 Å². The summed E-state index contributed by atoms with van der Waals surface area (Å²) in [6.07, 6.45) is -5.82. The van der Waals surface area contributed by atoms with Gasteiger partial charge in [-0.05, 0) is 25.0 Å². The van der Waals surface area contributed by atoms with Gasteiger partial charge in [0, 0.05) is 37.5 Å². The highest BCUT2D eigenvalue weighted by Gasteiger charge is 2.63. The molecule has 0 atom stereocenters. The largest absolute Gasteiger partial charge is 0.420 e. The van der Waals surface area contributed by atoms with Gasteiger partial charge in [-0.15, -0.1) is 0 Å². The number of carbonyl (C=O) groups is 1. The fourth-order valence-electron chi connectivity index (χ4n) is 3.63. The van der Waals surface area contributed by atoms with Crippen molar-refractivity contribution < 1.29 is 43.9 Å². The van der Waals surface area contributed by atoms with Crippen LogP contribution < -0.4 is 5.32 Å². The zero-order chi connectivity index (χ0) is 25.0.